The largest absolute Gasteiger partial charge is 0.382 e. The Morgan fingerprint density at radius 1 is 0.765 bits per heavy atom. The molecule has 0 N–H and O–H groups in total. The monoisotopic (exact) mass is 242 g/mol. The number of hydrogen-bond donors (Lipinski definition) is 0. The minimum atomic E-state index is -1.25. The van der Waals surface area contributed by atoms with Crippen LogP contribution in [0.2, 0.25) is 0 Å². The van der Waals surface area contributed by atoms with Gasteiger partial charge in [-0.1, -0.05) is 27.7 Å². The summed E-state index contributed by atoms with van der Waals surface area (Å²) < 4.78 is 4.20. The fraction of sp³-hybridized carbons (Fsp3) is 0.667. The van der Waals surface area contributed by atoms with Crippen LogP contribution < -0.4 is 0 Å². The van der Waals surface area contributed by atoms with Crippen LogP contribution in [0.1, 0.15) is 40.5 Å². The minimum absolute atomic E-state index is 0.00322. The van der Waals surface area contributed by atoms with Crippen molar-refractivity contribution in [2.75, 3.05) is 0 Å². The molecule has 0 unspecified atom stereocenters. The molecule has 0 radical (unpaired) electrons. The van der Waals surface area contributed by atoms with Crippen molar-refractivity contribution in [2.24, 2.45) is 11.8 Å². The number of ether oxygens (including phenoxy) is 1. The number of esters is 2. The molecule has 0 rings (SSSR count). The molecular formula is C12H18O5. The van der Waals surface area contributed by atoms with Crippen molar-refractivity contribution in [3.05, 3.63) is 0 Å². The quantitative estimate of drug-likeness (QED) is 0.398. The summed E-state index contributed by atoms with van der Waals surface area (Å²) in [6.07, 6.45) is 0.00890. The number of carbonyl (C=O) groups is 4. The molecule has 0 aromatic rings. The van der Waals surface area contributed by atoms with Crippen molar-refractivity contribution in [1.29, 1.82) is 0 Å². The fourth-order valence-corrected chi connectivity index (χ4v) is 1.11. The second-order valence-corrected chi connectivity index (χ2v) is 4.72. The van der Waals surface area contributed by atoms with E-state index in [2.05, 4.69) is 4.74 Å². The SMILES string of the molecule is CC(C)CC(=O)C(=O)OC(=O)C(=O)CC(C)C. The lowest BCUT2D eigenvalue weighted by Gasteiger charge is -2.04. The second-order valence-electron chi connectivity index (χ2n) is 4.72. The molecule has 0 saturated carbocycles. The van der Waals surface area contributed by atoms with Crippen LogP contribution >= 0.6 is 0 Å². The Balaban J connectivity index is 4.25. The van der Waals surface area contributed by atoms with Crippen LogP contribution in [0, 0.1) is 11.8 Å². The van der Waals surface area contributed by atoms with Gasteiger partial charge in [0, 0.05) is 12.8 Å². The maximum atomic E-state index is 11.2. The van der Waals surface area contributed by atoms with Gasteiger partial charge in [0.15, 0.2) is 0 Å². The number of ketones is 2. The van der Waals surface area contributed by atoms with Crippen molar-refractivity contribution >= 4 is 23.5 Å². The summed E-state index contributed by atoms with van der Waals surface area (Å²) in [6, 6.07) is 0. The van der Waals surface area contributed by atoms with E-state index in [1.807, 2.05) is 0 Å². The van der Waals surface area contributed by atoms with E-state index in [-0.39, 0.29) is 24.7 Å². The third-order valence-corrected chi connectivity index (χ3v) is 1.83. The summed E-state index contributed by atoms with van der Waals surface area (Å²) in [5.41, 5.74) is 0. The smallest absolute Gasteiger partial charge is 0.381 e. The topological polar surface area (TPSA) is 77.5 Å². The van der Waals surface area contributed by atoms with Gasteiger partial charge in [-0.3, -0.25) is 9.59 Å². The Labute approximate surface area is 101 Å². The first-order valence-corrected chi connectivity index (χ1v) is 5.56. The number of carbonyl (C=O) groups excluding carboxylic acids is 4. The van der Waals surface area contributed by atoms with Crippen molar-refractivity contribution in [3.8, 4) is 0 Å². The molecule has 5 nitrogen and oxygen atoms in total. The minimum Gasteiger partial charge on any atom is -0.381 e. The van der Waals surface area contributed by atoms with E-state index in [0.29, 0.717) is 0 Å². The molecule has 0 fully saturated rings. The summed E-state index contributed by atoms with van der Waals surface area (Å²) in [4.78, 5) is 44.7. The van der Waals surface area contributed by atoms with E-state index in [1.165, 1.54) is 0 Å². The normalized spacial score (nSPS) is 10.5. The molecule has 0 aromatic carbocycles. The van der Waals surface area contributed by atoms with Crippen molar-refractivity contribution in [1.82, 2.24) is 0 Å². The molecule has 0 bridgehead atoms. The highest BCUT2D eigenvalue weighted by molar-refractivity contribution is 6.42. The van der Waals surface area contributed by atoms with E-state index in [4.69, 9.17) is 0 Å². The average molecular weight is 242 g/mol. The van der Waals surface area contributed by atoms with Crippen LogP contribution in [0.15, 0.2) is 0 Å². The van der Waals surface area contributed by atoms with Crippen molar-refractivity contribution in [3.63, 3.8) is 0 Å². The molecule has 0 aromatic heterocycles. The fourth-order valence-electron chi connectivity index (χ4n) is 1.11. The van der Waals surface area contributed by atoms with Gasteiger partial charge in [-0.15, -0.1) is 0 Å². The maximum absolute atomic E-state index is 11.2. The van der Waals surface area contributed by atoms with Crippen LogP contribution in [0.3, 0.4) is 0 Å². The van der Waals surface area contributed by atoms with Crippen LogP contribution in [0.5, 0.6) is 0 Å². The Morgan fingerprint density at radius 2 is 1.06 bits per heavy atom. The summed E-state index contributed by atoms with van der Waals surface area (Å²) in [7, 11) is 0. The summed E-state index contributed by atoms with van der Waals surface area (Å²) >= 11 is 0. The summed E-state index contributed by atoms with van der Waals surface area (Å²) in [5.74, 6) is -4.08. The molecule has 0 aliphatic rings. The summed E-state index contributed by atoms with van der Waals surface area (Å²) in [5, 5.41) is 0. The lowest BCUT2D eigenvalue weighted by atomic mass is 10.1. The molecule has 0 aliphatic carbocycles. The van der Waals surface area contributed by atoms with Gasteiger partial charge >= 0.3 is 11.9 Å². The van der Waals surface area contributed by atoms with Crippen LogP contribution in [-0.4, -0.2) is 23.5 Å². The van der Waals surface area contributed by atoms with E-state index in [1.54, 1.807) is 27.7 Å². The molecule has 96 valence electrons. The van der Waals surface area contributed by atoms with Gasteiger partial charge in [0.05, 0.1) is 0 Å². The molecular weight excluding hydrogens is 224 g/mol. The molecule has 0 spiro atoms. The Bertz CT molecular complexity index is 296. The second kappa shape index (κ2) is 6.93. The first-order chi connectivity index (χ1) is 7.73. The third kappa shape index (κ3) is 6.60. The zero-order chi connectivity index (χ0) is 13.6. The first kappa shape index (κ1) is 15.5. The van der Waals surface area contributed by atoms with Crippen LogP contribution in [0.25, 0.3) is 0 Å². The Kier molecular flexibility index (Phi) is 6.31. The predicted octanol–water partition coefficient (Wildman–Crippen LogP) is 1.29. The molecule has 0 atom stereocenters. The van der Waals surface area contributed by atoms with Gasteiger partial charge in [-0.2, -0.15) is 0 Å². The predicted molar refractivity (Wildman–Crippen MR) is 60.0 cm³/mol. The standard InChI is InChI=1S/C12H18O5/c1-7(2)5-9(13)11(15)17-12(16)10(14)6-8(3)4/h7-8H,5-6H2,1-4H3. The van der Waals surface area contributed by atoms with Gasteiger partial charge in [0.25, 0.3) is 0 Å². The van der Waals surface area contributed by atoms with Crippen molar-refractivity contribution in [2.45, 2.75) is 40.5 Å². The highest BCUT2D eigenvalue weighted by atomic mass is 16.6. The number of hydrogen-bond acceptors (Lipinski definition) is 5. The van der Waals surface area contributed by atoms with Gasteiger partial charge in [0.1, 0.15) is 0 Å². The van der Waals surface area contributed by atoms with Gasteiger partial charge in [-0.05, 0) is 11.8 Å². The van der Waals surface area contributed by atoms with E-state index in [0.717, 1.165) is 0 Å². The van der Waals surface area contributed by atoms with Gasteiger partial charge in [-0.25, -0.2) is 9.59 Å². The lowest BCUT2D eigenvalue weighted by Crippen LogP contribution is -2.27. The highest BCUT2D eigenvalue weighted by Gasteiger charge is 2.24. The molecule has 0 aliphatic heterocycles. The average Bonchev–Trinajstić information content (AvgIpc) is 2.15. The Morgan fingerprint density at radius 3 is 1.29 bits per heavy atom. The number of Topliss-reactive ketones (excluding diaryl/α,β-unsaturated/α-hetero) is 2. The molecule has 5 heteroatoms. The summed E-state index contributed by atoms with van der Waals surface area (Å²) in [6.45, 7) is 7.04. The van der Waals surface area contributed by atoms with Gasteiger partial charge in [0.2, 0.25) is 11.6 Å². The molecule has 17 heavy (non-hydrogen) atoms. The first-order valence-electron chi connectivity index (χ1n) is 5.56. The van der Waals surface area contributed by atoms with E-state index in [9.17, 15) is 19.2 Å². The Hall–Kier alpha value is -1.52. The maximum Gasteiger partial charge on any atom is 0.382 e. The molecule has 0 amide bonds. The lowest BCUT2D eigenvalue weighted by molar-refractivity contribution is -0.167. The number of rotatable bonds is 6. The molecule has 0 heterocycles. The zero-order valence-corrected chi connectivity index (χ0v) is 10.6. The zero-order valence-electron chi connectivity index (χ0n) is 10.6. The van der Waals surface area contributed by atoms with Crippen LogP contribution in [-0.2, 0) is 23.9 Å². The third-order valence-electron chi connectivity index (χ3n) is 1.83. The van der Waals surface area contributed by atoms with Crippen molar-refractivity contribution < 1.29 is 23.9 Å². The molecule has 0 saturated heterocycles. The van der Waals surface area contributed by atoms with E-state index < -0.39 is 23.5 Å². The van der Waals surface area contributed by atoms with Gasteiger partial charge < -0.3 is 4.74 Å². The van der Waals surface area contributed by atoms with E-state index >= 15 is 0 Å². The highest BCUT2D eigenvalue weighted by Crippen LogP contribution is 2.04. The van der Waals surface area contributed by atoms with Crippen LogP contribution in [0.4, 0.5) is 0 Å².